The molecule has 0 aromatic heterocycles. The number of ether oxygens (including phenoxy) is 1. The van der Waals surface area contributed by atoms with Crippen molar-refractivity contribution in [1.29, 1.82) is 0 Å². The molecule has 0 bridgehead atoms. The number of rotatable bonds is 6. The van der Waals surface area contributed by atoms with Gasteiger partial charge in [-0.25, -0.2) is 0 Å². The number of benzene rings is 1. The molecule has 0 saturated heterocycles. The van der Waals surface area contributed by atoms with Gasteiger partial charge in [-0.15, -0.1) is 0 Å². The van der Waals surface area contributed by atoms with Crippen LogP contribution in [-0.4, -0.2) is 23.8 Å². The Morgan fingerprint density at radius 1 is 1.19 bits per heavy atom. The summed E-state index contributed by atoms with van der Waals surface area (Å²) in [6.45, 7) is 5.09. The van der Waals surface area contributed by atoms with E-state index in [1.165, 1.54) is 0 Å². The van der Waals surface area contributed by atoms with Crippen molar-refractivity contribution in [2.45, 2.75) is 26.7 Å². The van der Waals surface area contributed by atoms with E-state index in [1.54, 1.807) is 24.3 Å². The molecular weight excluding hydrogens is 203 g/mol. The van der Waals surface area contributed by atoms with E-state index >= 15 is 0 Å². The molecule has 1 aromatic rings. The number of hydrogen-bond acceptors (Lipinski definition) is 3. The van der Waals surface area contributed by atoms with Crippen molar-refractivity contribution >= 4 is 12.6 Å². The first-order chi connectivity index (χ1) is 7.59. The molecule has 16 heavy (non-hydrogen) atoms. The highest BCUT2D eigenvalue weighted by Gasteiger charge is 2.09. The van der Waals surface area contributed by atoms with E-state index in [1.807, 2.05) is 0 Å². The lowest BCUT2D eigenvalue weighted by molar-refractivity contribution is 0.298. The summed E-state index contributed by atoms with van der Waals surface area (Å²) in [5.41, 5.74) is 0.481. The molecule has 2 N–H and O–H groups in total. The largest absolute Gasteiger partial charge is 0.494 e. The van der Waals surface area contributed by atoms with E-state index in [0.29, 0.717) is 18.0 Å². The molecule has 88 valence electrons. The van der Waals surface area contributed by atoms with Gasteiger partial charge in [0.1, 0.15) is 5.75 Å². The van der Waals surface area contributed by atoms with E-state index in [0.717, 1.165) is 18.6 Å². The molecule has 0 unspecified atom stereocenters. The average molecular weight is 222 g/mol. The Morgan fingerprint density at radius 2 is 1.81 bits per heavy atom. The smallest absolute Gasteiger partial charge is 0.488 e. The van der Waals surface area contributed by atoms with Crippen molar-refractivity contribution in [3.8, 4) is 5.75 Å². The van der Waals surface area contributed by atoms with Crippen LogP contribution in [0.3, 0.4) is 0 Å². The highest BCUT2D eigenvalue weighted by Crippen LogP contribution is 2.10. The number of hydrogen-bond donors (Lipinski definition) is 2. The quantitative estimate of drug-likeness (QED) is 0.561. The minimum absolute atomic E-state index is 0.481. The molecule has 0 aliphatic heterocycles. The normalized spacial score (nSPS) is 10.6. The molecule has 4 heteroatoms. The molecule has 3 nitrogen and oxygen atoms in total. The van der Waals surface area contributed by atoms with Gasteiger partial charge in [0.05, 0.1) is 6.61 Å². The Balaban J connectivity index is 2.32. The van der Waals surface area contributed by atoms with Crippen LogP contribution in [0.4, 0.5) is 0 Å². The fourth-order valence-electron chi connectivity index (χ4n) is 1.42. The highest BCUT2D eigenvalue weighted by atomic mass is 16.5. The van der Waals surface area contributed by atoms with Gasteiger partial charge in [0, 0.05) is 0 Å². The van der Waals surface area contributed by atoms with Crippen LogP contribution < -0.4 is 10.2 Å². The van der Waals surface area contributed by atoms with E-state index in [2.05, 4.69) is 13.8 Å². The van der Waals surface area contributed by atoms with E-state index < -0.39 is 7.12 Å². The molecule has 1 rings (SSSR count). The van der Waals surface area contributed by atoms with Gasteiger partial charge in [-0.3, -0.25) is 0 Å². The van der Waals surface area contributed by atoms with Crippen LogP contribution in [0.15, 0.2) is 24.3 Å². The summed E-state index contributed by atoms with van der Waals surface area (Å²) >= 11 is 0. The van der Waals surface area contributed by atoms with Gasteiger partial charge in [-0.2, -0.15) is 0 Å². The summed E-state index contributed by atoms with van der Waals surface area (Å²) in [4.78, 5) is 0. The molecule has 0 spiro atoms. The minimum Gasteiger partial charge on any atom is -0.494 e. The van der Waals surface area contributed by atoms with Gasteiger partial charge >= 0.3 is 7.12 Å². The molecule has 0 aliphatic carbocycles. The summed E-state index contributed by atoms with van der Waals surface area (Å²) < 4.78 is 5.53. The van der Waals surface area contributed by atoms with Crippen LogP contribution in [0.25, 0.3) is 0 Å². The van der Waals surface area contributed by atoms with Gasteiger partial charge in [0.2, 0.25) is 0 Å². The van der Waals surface area contributed by atoms with Crippen LogP contribution >= 0.6 is 0 Å². The predicted octanol–water partition coefficient (Wildman–Crippen LogP) is 1.18. The van der Waals surface area contributed by atoms with Gasteiger partial charge in [0.15, 0.2) is 0 Å². The maximum Gasteiger partial charge on any atom is 0.488 e. The Hall–Kier alpha value is -0.995. The van der Waals surface area contributed by atoms with Gasteiger partial charge in [-0.05, 0) is 36.4 Å². The second kappa shape index (κ2) is 6.56. The zero-order chi connectivity index (χ0) is 12.0. The van der Waals surface area contributed by atoms with Gasteiger partial charge in [0.25, 0.3) is 0 Å². The monoisotopic (exact) mass is 222 g/mol. The summed E-state index contributed by atoms with van der Waals surface area (Å²) in [7, 11) is -1.41. The van der Waals surface area contributed by atoms with Crippen LogP contribution in [-0.2, 0) is 0 Å². The zero-order valence-corrected chi connectivity index (χ0v) is 9.89. The van der Waals surface area contributed by atoms with Crippen LogP contribution in [0.5, 0.6) is 5.75 Å². The zero-order valence-electron chi connectivity index (χ0n) is 9.89. The third-order valence-corrected chi connectivity index (χ3v) is 2.37. The molecule has 1 aromatic carbocycles. The summed E-state index contributed by atoms with van der Waals surface area (Å²) in [5.74, 6) is 1.48. The van der Waals surface area contributed by atoms with Crippen molar-refractivity contribution in [2.24, 2.45) is 5.92 Å². The van der Waals surface area contributed by atoms with Crippen molar-refractivity contribution in [3.63, 3.8) is 0 Å². The molecule has 0 amide bonds. The fraction of sp³-hybridized carbons (Fsp3) is 0.500. The highest BCUT2D eigenvalue weighted by molar-refractivity contribution is 6.58. The third kappa shape index (κ3) is 4.68. The summed E-state index contributed by atoms with van der Waals surface area (Å²) in [5, 5.41) is 17.8. The van der Waals surface area contributed by atoms with E-state index in [4.69, 9.17) is 14.8 Å². The van der Waals surface area contributed by atoms with Crippen LogP contribution in [0, 0.1) is 5.92 Å². The molecule has 0 saturated carbocycles. The molecule has 0 heterocycles. The topological polar surface area (TPSA) is 49.7 Å². The van der Waals surface area contributed by atoms with Gasteiger partial charge < -0.3 is 14.8 Å². The Morgan fingerprint density at radius 3 is 2.31 bits per heavy atom. The fourth-order valence-corrected chi connectivity index (χ4v) is 1.42. The van der Waals surface area contributed by atoms with Crippen molar-refractivity contribution < 1.29 is 14.8 Å². The maximum absolute atomic E-state index is 8.90. The maximum atomic E-state index is 8.90. The lowest BCUT2D eigenvalue weighted by Gasteiger charge is -2.08. The lowest BCUT2D eigenvalue weighted by Crippen LogP contribution is -2.29. The lowest BCUT2D eigenvalue weighted by atomic mass is 9.80. The van der Waals surface area contributed by atoms with Crippen molar-refractivity contribution in [2.75, 3.05) is 6.61 Å². The Bertz CT molecular complexity index is 296. The molecular formula is C12H19BO3. The second-order valence-corrected chi connectivity index (χ2v) is 4.33. The molecule has 0 radical (unpaired) electrons. The Labute approximate surface area is 97.2 Å². The molecule has 0 aliphatic rings. The van der Waals surface area contributed by atoms with Crippen molar-refractivity contribution in [1.82, 2.24) is 0 Å². The first-order valence-electron chi connectivity index (χ1n) is 5.68. The first-order valence-corrected chi connectivity index (χ1v) is 5.68. The van der Waals surface area contributed by atoms with Crippen LogP contribution in [0.2, 0.25) is 0 Å². The standard InChI is InChI=1S/C12H19BO3/c1-10(2)4-3-9-16-12-7-5-11(6-8-12)13(14)15/h5-8,10,14-15H,3-4,9H2,1-2H3. The van der Waals surface area contributed by atoms with Crippen LogP contribution in [0.1, 0.15) is 26.7 Å². The van der Waals surface area contributed by atoms with Crippen molar-refractivity contribution in [3.05, 3.63) is 24.3 Å². The SMILES string of the molecule is CC(C)CCCOc1ccc(B(O)O)cc1. The van der Waals surface area contributed by atoms with E-state index in [9.17, 15) is 0 Å². The predicted molar refractivity (Wildman–Crippen MR) is 65.8 cm³/mol. The Kier molecular flexibility index (Phi) is 5.36. The summed E-state index contributed by atoms with van der Waals surface area (Å²) in [6, 6.07) is 6.82. The second-order valence-electron chi connectivity index (χ2n) is 4.33. The third-order valence-electron chi connectivity index (χ3n) is 2.37. The molecule has 0 atom stereocenters. The molecule has 0 fully saturated rings. The first kappa shape index (κ1) is 13.1. The minimum atomic E-state index is -1.41. The summed E-state index contributed by atoms with van der Waals surface area (Å²) in [6.07, 6.45) is 2.20. The van der Waals surface area contributed by atoms with E-state index in [-0.39, 0.29) is 0 Å². The average Bonchev–Trinajstić information content (AvgIpc) is 2.25. The van der Waals surface area contributed by atoms with Gasteiger partial charge in [-0.1, -0.05) is 26.0 Å².